The van der Waals surface area contributed by atoms with Gasteiger partial charge >= 0.3 is 0 Å². The lowest BCUT2D eigenvalue weighted by atomic mass is 9.90. The molecule has 4 nitrogen and oxygen atoms in total. The smallest absolute Gasteiger partial charge is 0.257 e. The number of nitrogens with zero attached hydrogens (tertiary/aromatic N) is 1. The molecule has 0 aromatic heterocycles. The first-order valence-corrected chi connectivity index (χ1v) is 8.07. The van der Waals surface area contributed by atoms with Crippen molar-refractivity contribution in [2.75, 3.05) is 0 Å². The minimum atomic E-state index is -0.846. The van der Waals surface area contributed by atoms with E-state index in [1.54, 1.807) is 18.2 Å². The molecule has 0 fully saturated rings. The zero-order chi connectivity index (χ0) is 16.7. The highest BCUT2D eigenvalue weighted by molar-refractivity contribution is 6.30. The molecular weight excluding hydrogens is 326 g/mol. The first-order valence-electron chi connectivity index (χ1n) is 7.70. The zero-order valence-electron chi connectivity index (χ0n) is 12.7. The van der Waals surface area contributed by atoms with Crippen LogP contribution in [0.4, 0.5) is 0 Å². The van der Waals surface area contributed by atoms with E-state index >= 15 is 0 Å². The number of ether oxygens (including phenoxy) is 1. The Morgan fingerprint density at radius 1 is 1.08 bits per heavy atom. The number of rotatable bonds is 2. The van der Waals surface area contributed by atoms with Crippen LogP contribution in [0, 0.1) is 10.1 Å². The maximum absolute atomic E-state index is 11.7. The molecule has 1 aliphatic heterocycles. The molecule has 0 spiro atoms. The third-order valence-corrected chi connectivity index (χ3v) is 4.69. The lowest BCUT2D eigenvalue weighted by Crippen LogP contribution is -2.36. The van der Waals surface area contributed by atoms with Gasteiger partial charge in [-0.15, -0.1) is 0 Å². The van der Waals surface area contributed by atoms with Crippen molar-refractivity contribution in [1.29, 1.82) is 0 Å². The molecule has 0 amide bonds. The molecule has 0 aliphatic carbocycles. The van der Waals surface area contributed by atoms with Crippen LogP contribution in [0.3, 0.4) is 0 Å². The van der Waals surface area contributed by atoms with Crippen LogP contribution < -0.4 is 4.74 Å². The molecule has 3 aromatic carbocycles. The number of hydrogen-bond donors (Lipinski definition) is 0. The third-order valence-electron chi connectivity index (χ3n) is 4.46. The summed E-state index contributed by atoms with van der Waals surface area (Å²) in [6, 6.07) is 18.1. The minimum Gasteiger partial charge on any atom is -0.478 e. The lowest BCUT2D eigenvalue weighted by Gasteiger charge is -2.29. The maximum Gasteiger partial charge on any atom is 0.257 e. The van der Waals surface area contributed by atoms with Crippen molar-refractivity contribution in [3.8, 4) is 5.75 Å². The van der Waals surface area contributed by atoms with Crippen LogP contribution in [-0.4, -0.2) is 11.0 Å². The van der Waals surface area contributed by atoms with Crippen LogP contribution in [0.15, 0.2) is 60.7 Å². The molecule has 0 unspecified atom stereocenters. The fourth-order valence-corrected chi connectivity index (χ4v) is 3.52. The van der Waals surface area contributed by atoms with Gasteiger partial charge in [0.05, 0.1) is 0 Å². The standard InChI is InChI=1S/C19H14ClNO3/c20-14-8-9-18-13(10-14)11-17(21(22)23)19(24-18)16-7-3-5-12-4-1-2-6-15(12)16/h1-10,17,19H,11H2/t17-,19+/m1/s1. The molecule has 2 atom stereocenters. The molecule has 5 heteroatoms. The maximum atomic E-state index is 11.7. The van der Waals surface area contributed by atoms with Crippen LogP contribution in [0.1, 0.15) is 17.2 Å². The highest BCUT2D eigenvalue weighted by atomic mass is 35.5. The van der Waals surface area contributed by atoms with Crippen molar-refractivity contribution in [3.05, 3.63) is 86.9 Å². The highest BCUT2D eigenvalue weighted by Gasteiger charge is 2.40. The topological polar surface area (TPSA) is 52.4 Å². The van der Waals surface area contributed by atoms with Gasteiger partial charge in [-0.05, 0) is 29.0 Å². The van der Waals surface area contributed by atoms with Crippen LogP contribution in [-0.2, 0) is 6.42 Å². The summed E-state index contributed by atoms with van der Waals surface area (Å²) in [7, 11) is 0. The van der Waals surface area contributed by atoms with Crippen molar-refractivity contribution >= 4 is 22.4 Å². The van der Waals surface area contributed by atoms with Crippen LogP contribution in [0.25, 0.3) is 10.8 Å². The fraction of sp³-hybridized carbons (Fsp3) is 0.158. The van der Waals surface area contributed by atoms with Gasteiger partial charge in [-0.1, -0.05) is 54.1 Å². The van der Waals surface area contributed by atoms with E-state index in [1.807, 2.05) is 42.5 Å². The number of hydrogen-bond acceptors (Lipinski definition) is 3. The van der Waals surface area contributed by atoms with Gasteiger partial charge in [-0.3, -0.25) is 10.1 Å². The fourth-order valence-electron chi connectivity index (χ4n) is 3.32. The van der Waals surface area contributed by atoms with E-state index in [9.17, 15) is 10.1 Å². The Morgan fingerprint density at radius 2 is 1.88 bits per heavy atom. The predicted octanol–water partition coefficient (Wildman–Crippen LogP) is 4.81. The van der Waals surface area contributed by atoms with E-state index in [2.05, 4.69) is 0 Å². The summed E-state index contributed by atoms with van der Waals surface area (Å²) in [5.41, 5.74) is 1.62. The Bertz CT molecular complexity index is 936. The molecule has 0 radical (unpaired) electrons. The summed E-state index contributed by atoms with van der Waals surface area (Å²) < 4.78 is 6.05. The summed E-state index contributed by atoms with van der Waals surface area (Å²) >= 11 is 6.01. The SMILES string of the molecule is O=[N+]([O-])[C@@H]1Cc2cc(Cl)ccc2O[C@H]1c1cccc2ccccc12. The molecule has 0 saturated heterocycles. The van der Waals surface area contributed by atoms with E-state index in [0.29, 0.717) is 17.2 Å². The molecule has 3 aromatic rings. The Morgan fingerprint density at radius 3 is 2.71 bits per heavy atom. The van der Waals surface area contributed by atoms with Gasteiger partial charge in [-0.2, -0.15) is 0 Å². The summed E-state index contributed by atoms with van der Waals surface area (Å²) in [4.78, 5) is 11.4. The summed E-state index contributed by atoms with van der Waals surface area (Å²) in [5, 5.41) is 14.2. The van der Waals surface area contributed by atoms with Gasteiger partial charge in [0.2, 0.25) is 0 Å². The van der Waals surface area contributed by atoms with Crippen molar-refractivity contribution < 1.29 is 9.66 Å². The quantitative estimate of drug-likeness (QED) is 0.497. The third kappa shape index (κ3) is 2.49. The van der Waals surface area contributed by atoms with E-state index in [1.165, 1.54) is 0 Å². The largest absolute Gasteiger partial charge is 0.478 e. The monoisotopic (exact) mass is 339 g/mol. The summed E-state index contributed by atoms with van der Waals surface area (Å²) in [5.74, 6) is 0.662. The van der Waals surface area contributed by atoms with Gasteiger partial charge in [-0.25, -0.2) is 0 Å². The molecule has 1 heterocycles. The van der Waals surface area contributed by atoms with Gasteiger partial charge in [0, 0.05) is 27.5 Å². The Kier molecular flexibility index (Phi) is 3.62. The van der Waals surface area contributed by atoms with Gasteiger partial charge in [0.1, 0.15) is 5.75 Å². The van der Waals surface area contributed by atoms with Crippen molar-refractivity contribution in [2.45, 2.75) is 18.6 Å². The van der Waals surface area contributed by atoms with Crippen LogP contribution in [0.2, 0.25) is 5.02 Å². The minimum absolute atomic E-state index is 0.254. The summed E-state index contributed by atoms with van der Waals surface area (Å²) in [6.45, 7) is 0. The van der Waals surface area contributed by atoms with Gasteiger partial charge in [0.15, 0.2) is 6.10 Å². The second-order valence-electron chi connectivity index (χ2n) is 5.92. The predicted molar refractivity (Wildman–Crippen MR) is 93.3 cm³/mol. The summed E-state index contributed by atoms with van der Waals surface area (Å²) in [6.07, 6.45) is -0.323. The Balaban J connectivity index is 1.86. The van der Waals surface area contributed by atoms with E-state index in [-0.39, 0.29) is 4.92 Å². The molecule has 0 N–H and O–H groups in total. The first kappa shape index (κ1) is 15.0. The highest BCUT2D eigenvalue weighted by Crippen LogP contribution is 2.39. The van der Waals surface area contributed by atoms with Crippen LogP contribution >= 0.6 is 11.6 Å². The van der Waals surface area contributed by atoms with Crippen molar-refractivity contribution in [2.24, 2.45) is 0 Å². The number of nitro groups is 1. The molecule has 0 bridgehead atoms. The molecular formula is C19H14ClNO3. The van der Waals surface area contributed by atoms with Crippen LogP contribution in [0.5, 0.6) is 5.75 Å². The average Bonchev–Trinajstić information content (AvgIpc) is 2.60. The molecule has 0 saturated carbocycles. The van der Waals surface area contributed by atoms with Crippen molar-refractivity contribution in [1.82, 2.24) is 0 Å². The van der Waals surface area contributed by atoms with Crippen molar-refractivity contribution in [3.63, 3.8) is 0 Å². The number of halogens is 1. The second-order valence-corrected chi connectivity index (χ2v) is 6.35. The molecule has 24 heavy (non-hydrogen) atoms. The van der Waals surface area contributed by atoms with Gasteiger partial charge < -0.3 is 4.74 Å². The van der Waals surface area contributed by atoms with Gasteiger partial charge in [0.25, 0.3) is 6.04 Å². The number of benzene rings is 3. The zero-order valence-corrected chi connectivity index (χ0v) is 13.4. The molecule has 1 aliphatic rings. The number of fused-ring (bicyclic) bond motifs is 2. The van der Waals surface area contributed by atoms with E-state index < -0.39 is 12.1 Å². The van der Waals surface area contributed by atoms with E-state index in [0.717, 1.165) is 21.9 Å². The lowest BCUT2D eigenvalue weighted by molar-refractivity contribution is -0.535. The Labute approximate surface area is 143 Å². The Hall–Kier alpha value is -2.59. The normalized spacial score (nSPS) is 19.5. The molecule has 4 rings (SSSR count). The first-order chi connectivity index (χ1) is 11.6. The molecule has 120 valence electrons. The average molecular weight is 340 g/mol. The van der Waals surface area contributed by atoms with E-state index in [4.69, 9.17) is 16.3 Å². The second kappa shape index (κ2) is 5.80.